The monoisotopic (exact) mass is 301 g/mol. The lowest BCUT2D eigenvalue weighted by molar-refractivity contribution is 0.625. The molecule has 0 atom stereocenters. The number of hydrogen-bond donors (Lipinski definition) is 1. The molecule has 1 heterocycles. The summed E-state index contributed by atoms with van der Waals surface area (Å²) in [5.74, 6) is 5.26. The van der Waals surface area contributed by atoms with Crippen LogP contribution in [-0.2, 0) is 6.54 Å². The van der Waals surface area contributed by atoms with E-state index < -0.39 is 11.1 Å². The summed E-state index contributed by atoms with van der Waals surface area (Å²) < 4.78 is 15.2. The Morgan fingerprint density at radius 2 is 2.05 bits per heavy atom. The Kier molecular flexibility index (Phi) is 4.41. The summed E-state index contributed by atoms with van der Waals surface area (Å²) in [4.78, 5) is 24.3. The Balaban J connectivity index is 2.58. The van der Waals surface area contributed by atoms with Crippen LogP contribution in [0.2, 0.25) is 0 Å². The van der Waals surface area contributed by atoms with Gasteiger partial charge in [0.2, 0.25) is 0 Å². The first kappa shape index (κ1) is 15.5. The predicted molar refractivity (Wildman–Crippen MR) is 85.5 cm³/mol. The second-order valence-corrected chi connectivity index (χ2v) is 4.64. The largest absolute Gasteiger partial charge is 0.335 e. The van der Waals surface area contributed by atoms with E-state index in [2.05, 4.69) is 6.58 Å². The minimum absolute atomic E-state index is 0.0654. The van der Waals surface area contributed by atoms with Crippen LogP contribution in [0.4, 0.5) is 4.39 Å². The van der Waals surface area contributed by atoms with Crippen LogP contribution in [0.5, 0.6) is 0 Å². The molecule has 0 aliphatic carbocycles. The molecule has 0 fully saturated rings. The van der Waals surface area contributed by atoms with Crippen molar-refractivity contribution in [1.82, 2.24) is 9.24 Å². The summed E-state index contributed by atoms with van der Waals surface area (Å²) in [7, 11) is 0. The van der Waals surface area contributed by atoms with Gasteiger partial charge >= 0.3 is 0 Å². The number of halogens is 1. The van der Waals surface area contributed by atoms with E-state index >= 15 is 0 Å². The maximum atomic E-state index is 13.1. The zero-order valence-electron chi connectivity index (χ0n) is 12.1. The number of hydrogen-bond acceptors (Lipinski definition) is 3. The van der Waals surface area contributed by atoms with Gasteiger partial charge in [0.15, 0.2) is 0 Å². The molecule has 0 saturated carbocycles. The van der Waals surface area contributed by atoms with E-state index in [1.807, 2.05) is 0 Å². The zero-order valence-corrected chi connectivity index (χ0v) is 12.1. The predicted octanol–water partition coefficient (Wildman–Crippen LogP) is -0.213. The molecule has 0 bridgehead atoms. The first-order valence-electron chi connectivity index (χ1n) is 6.69. The van der Waals surface area contributed by atoms with Crippen molar-refractivity contribution in [3.8, 4) is 0 Å². The van der Waals surface area contributed by atoms with Gasteiger partial charge in [0, 0.05) is 6.54 Å². The minimum Gasteiger partial charge on any atom is -0.335 e. The highest BCUT2D eigenvalue weighted by atomic mass is 19.1. The third-order valence-corrected chi connectivity index (χ3v) is 3.23. The van der Waals surface area contributed by atoms with Gasteiger partial charge in [-0.15, -0.1) is 0 Å². The first-order valence-corrected chi connectivity index (χ1v) is 6.69. The lowest BCUT2D eigenvalue weighted by Gasteiger charge is -2.06. The highest BCUT2D eigenvalue weighted by Gasteiger charge is 2.05. The number of nitrogen functional groups attached to an aromatic ring is 1. The molecule has 1 aromatic heterocycles. The van der Waals surface area contributed by atoms with Crippen LogP contribution in [0.15, 0.2) is 39.9 Å². The van der Waals surface area contributed by atoms with Gasteiger partial charge in [-0.2, -0.15) is 0 Å². The van der Waals surface area contributed by atoms with Gasteiger partial charge in [-0.25, -0.2) is 9.07 Å². The molecule has 2 N–H and O–H groups in total. The quantitative estimate of drug-likeness (QED) is 0.797. The summed E-state index contributed by atoms with van der Waals surface area (Å²) in [5.41, 5.74) is -0.315. The Hall–Kier alpha value is -2.89. The van der Waals surface area contributed by atoms with Crippen LogP contribution < -0.4 is 27.7 Å². The molecule has 22 heavy (non-hydrogen) atoms. The van der Waals surface area contributed by atoms with Crippen molar-refractivity contribution in [2.75, 3.05) is 5.84 Å². The highest BCUT2D eigenvalue weighted by Crippen LogP contribution is 2.04. The van der Waals surface area contributed by atoms with Crippen molar-refractivity contribution in [3.63, 3.8) is 0 Å². The van der Waals surface area contributed by atoms with Crippen molar-refractivity contribution in [2.24, 2.45) is 0 Å². The van der Waals surface area contributed by atoms with E-state index in [4.69, 9.17) is 5.84 Å². The normalized spacial score (nSPS) is 12.2. The van der Waals surface area contributed by atoms with Crippen LogP contribution >= 0.6 is 0 Å². The van der Waals surface area contributed by atoms with Crippen LogP contribution in [-0.4, -0.2) is 9.24 Å². The lowest BCUT2D eigenvalue weighted by atomic mass is 10.2. The fraction of sp³-hybridized carbons (Fsp3) is 0.125. The average Bonchev–Trinajstić information content (AvgIpc) is 2.49. The van der Waals surface area contributed by atoms with Crippen LogP contribution in [0.3, 0.4) is 0 Å². The second kappa shape index (κ2) is 6.26. The molecule has 0 aliphatic heterocycles. The van der Waals surface area contributed by atoms with Gasteiger partial charge in [0.1, 0.15) is 16.5 Å². The van der Waals surface area contributed by atoms with Crippen LogP contribution in [0.1, 0.15) is 12.5 Å². The van der Waals surface area contributed by atoms with Crippen LogP contribution in [0, 0.1) is 5.82 Å². The fourth-order valence-corrected chi connectivity index (χ4v) is 2.07. The SMILES string of the molecule is C=c1n(N)c(=O)/c(=C\C=C\c2cccc(F)c2)c(=O)n1CC. The van der Waals surface area contributed by atoms with Gasteiger partial charge in [0.05, 0.1) is 0 Å². The number of allylic oxidation sites excluding steroid dienone is 1. The molecule has 2 aromatic rings. The van der Waals surface area contributed by atoms with Gasteiger partial charge in [0.25, 0.3) is 11.1 Å². The highest BCUT2D eigenvalue weighted by molar-refractivity contribution is 5.57. The standard InChI is InChI=1S/C16H16FN3O2/c1-3-19-11(2)20(18)16(22)14(15(19)21)9-5-7-12-6-4-8-13(17)10-12/h4-10H,2-3,18H2,1H3/b7-5+,14-9-. The number of benzene rings is 1. The number of aromatic nitrogens is 2. The molecule has 0 radical (unpaired) electrons. The van der Waals surface area contributed by atoms with Gasteiger partial charge in [-0.05, 0) is 30.7 Å². The Bertz CT molecular complexity index is 955. The molecule has 0 unspecified atom stereocenters. The van der Waals surface area contributed by atoms with E-state index in [0.29, 0.717) is 12.1 Å². The lowest BCUT2D eigenvalue weighted by Crippen LogP contribution is -2.60. The van der Waals surface area contributed by atoms with E-state index in [9.17, 15) is 14.0 Å². The Labute approximate surface area is 125 Å². The number of nitrogens with zero attached hydrogens (tertiary/aromatic N) is 2. The van der Waals surface area contributed by atoms with E-state index in [1.54, 1.807) is 25.1 Å². The van der Waals surface area contributed by atoms with Crippen molar-refractivity contribution < 1.29 is 4.39 Å². The summed E-state index contributed by atoms with van der Waals surface area (Å²) in [5, 5.41) is -0.0654. The van der Waals surface area contributed by atoms with Crippen molar-refractivity contribution in [3.05, 3.63) is 73.1 Å². The van der Waals surface area contributed by atoms with Gasteiger partial charge in [-0.1, -0.05) is 30.9 Å². The average molecular weight is 301 g/mol. The smallest absolute Gasteiger partial charge is 0.283 e. The number of nitrogens with two attached hydrogens (primary N) is 1. The van der Waals surface area contributed by atoms with Crippen molar-refractivity contribution in [1.29, 1.82) is 0 Å². The summed E-state index contributed by atoms with van der Waals surface area (Å²) in [6, 6.07) is 5.96. The maximum absolute atomic E-state index is 13.1. The molecule has 0 amide bonds. The molecule has 0 spiro atoms. The maximum Gasteiger partial charge on any atom is 0.283 e. The molecule has 0 saturated heterocycles. The summed E-state index contributed by atoms with van der Waals surface area (Å²) >= 11 is 0. The third-order valence-electron chi connectivity index (χ3n) is 3.23. The first-order chi connectivity index (χ1) is 10.5. The minimum atomic E-state index is -0.622. The molecule has 5 nitrogen and oxygen atoms in total. The van der Waals surface area contributed by atoms with E-state index in [-0.39, 0.29) is 16.5 Å². The Morgan fingerprint density at radius 3 is 2.68 bits per heavy atom. The van der Waals surface area contributed by atoms with Crippen molar-refractivity contribution >= 4 is 18.7 Å². The summed E-state index contributed by atoms with van der Waals surface area (Å²) in [6.07, 6.45) is 4.47. The van der Waals surface area contributed by atoms with E-state index in [1.165, 1.54) is 28.9 Å². The van der Waals surface area contributed by atoms with Gasteiger partial charge < -0.3 is 5.84 Å². The molecule has 2 rings (SSSR count). The molecular formula is C16H16FN3O2. The topological polar surface area (TPSA) is 70.0 Å². The number of rotatable bonds is 3. The summed E-state index contributed by atoms with van der Waals surface area (Å²) in [6.45, 7) is 5.73. The van der Waals surface area contributed by atoms with Gasteiger partial charge in [-0.3, -0.25) is 14.2 Å². The zero-order chi connectivity index (χ0) is 16.3. The Morgan fingerprint density at radius 1 is 1.32 bits per heavy atom. The van der Waals surface area contributed by atoms with Crippen LogP contribution in [0.25, 0.3) is 18.7 Å². The molecule has 1 aromatic carbocycles. The van der Waals surface area contributed by atoms with Crippen molar-refractivity contribution in [2.45, 2.75) is 13.5 Å². The molecule has 114 valence electrons. The molecule has 0 aliphatic rings. The molecule has 6 heteroatoms. The third kappa shape index (κ3) is 2.90. The fourth-order valence-electron chi connectivity index (χ4n) is 2.07. The second-order valence-electron chi connectivity index (χ2n) is 4.64. The molecular weight excluding hydrogens is 285 g/mol. The van der Waals surface area contributed by atoms with E-state index in [0.717, 1.165) is 4.68 Å².